The van der Waals surface area contributed by atoms with E-state index in [2.05, 4.69) is 102 Å². The highest BCUT2D eigenvalue weighted by Crippen LogP contribution is 2.42. The minimum absolute atomic E-state index is 0.425. The van der Waals surface area contributed by atoms with Crippen molar-refractivity contribution in [3.05, 3.63) is 184 Å². The van der Waals surface area contributed by atoms with E-state index in [0.717, 1.165) is 58.4 Å². The van der Waals surface area contributed by atoms with Crippen LogP contribution in [0, 0.1) is 0 Å². The van der Waals surface area contributed by atoms with Gasteiger partial charge < -0.3 is 4.98 Å². The lowest BCUT2D eigenvalue weighted by Crippen LogP contribution is -2.06. The highest BCUT2D eigenvalue weighted by Gasteiger charge is 2.21. The van der Waals surface area contributed by atoms with Crippen molar-refractivity contribution in [2.45, 2.75) is 38.6 Å². The van der Waals surface area contributed by atoms with Gasteiger partial charge in [-0.25, -0.2) is 9.98 Å². The normalized spacial score (nSPS) is 17.7. The van der Waals surface area contributed by atoms with Crippen molar-refractivity contribution in [1.82, 2.24) is 4.98 Å². The van der Waals surface area contributed by atoms with Crippen molar-refractivity contribution < 1.29 is 0 Å². The lowest BCUT2D eigenvalue weighted by Gasteiger charge is -2.20. The van der Waals surface area contributed by atoms with Gasteiger partial charge in [0.25, 0.3) is 0 Å². The fraction of sp³-hybridized carbons (Fsp3) is 0.152. The summed E-state index contributed by atoms with van der Waals surface area (Å²) in [7, 11) is 0. The molecule has 5 aromatic rings. The zero-order chi connectivity index (χ0) is 34.6. The van der Waals surface area contributed by atoms with E-state index in [0.29, 0.717) is 18.2 Å². The van der Waals surface area contributed by atoms with Crippen molar-refractivity contribution >= 4 is 35.7 Å². The minimum Gasteiger partial charge on any atom is -0.367 e. The molecular formula is C46H40N4S. The SMILES string of the molecule is C=N/C(=N\C(=N/Cc1c(C2=C/C(=C)C3=C(CCCC3)SC/C=C\2)cccc1-c1ccc2c(c1)Cc1ccccc1-2)c1ccccc1)c1cc[nH]c1. The molecule has 0 spiro atoms. The molecule has 4 nitrogen and oxygen atoms in total. The van der Waals surface area contributed by atoms with E-state index >= 15 is 0 Å². The molecule has 3 aliphatic rings. The molecule has 2 aliphatic carbocycles. The van der Waals surface area contributed by atoms with E-state index < -0.39 is 0 Å². The van der Waals surface area contributed by atoms with Gasteiger partial charge in [-0.2, -0.15) is 0 Å². The number of rotatable bonds is 6. The first kappa shape index (κ1) is 32.7. The zero-order valence-corrected chi connectivity index (χ0v) is 29.6. The molecule has 0 bridgehead atoms. The molecule has 51 heavy (non-hydrogen) atoms. The molecule has 4 aromatic carbocycles. The van der Waals surface area contributed by atoms with Crippen molar-refractivity contribution in [1.29, 1.82) is 0 Å². The van der Waals surface area contributed by atoms with Gasteiger partial charge in [0.1, 0.15) is 0 Å². The number of hydrogen-bond donors (Lipinski definition) is 1. The van der Waals surface area contributed by atoms with Gasteiger partial charge in [0.2, 0.25) is 0 Å². The van der Waals surface area contributed by atoms with Crippen LogP contribution < -0.4 is 0 Å². The number of benzene rings is 4. The second-order valence-electron chi connectivity index (χ2n) is 13.2. The third kappa shape index (κ3) is 6.82. The molecule has 0 unspecified atom stereocenters. The third-order valence-corrected chi connectivity index (χ3v) is 11.2. The van der Waals surface area contributed by atoms with Crippen LogP contribution in [0.4, 0.5) is 0 Å². The van der Waals surface area contributed by atoms with Gasteiger partial charge in [-0.3, -0.25) is 4.99 Å². The first-order valence-electron chi connectivity index (χ1n) is 17.7. The van der Waals surface area contributed by atoms with Gasteiger partial charge in [0.05, 0.1) is 6.54 Å². The maximum absolute atomic E-state index is 5.30. The summed E-state index contributed by atoms with van der Waals surface area (Å²) in [6.45, 7) is 8.88. The van der Waals surface area contributed by atoms with Gasteiger partial charge in [-0.1, -0.05) is 110 Å². The molecule has 1 aliphatic heterocycles. The van der Waals surface area contributed by atoms with Crippen LogP contribution in [-0.4, -0.2) is 29.1 Å². The summed E-state index contributed by atoms with van der Waals surface area (Å²) < 4.78 is 0. The molecule has 0 atom stereocenters. The van der Waals surface area contributed by atoms with E-state index in [1.807, 2.05) is 60.6 Å². The number of amidine groups is 2. The van der Waals surface area contributed by atoms with E-state index in [-0.39, 0.29) is 0 Å². The van der Waals surface area contributed by atoms with Crippen LogP contribution in [0.3, 0.4) is 0 Å². The van der Waals surface area contributed by atoms with E-state index in [4.69, 9.17) is 9.98 Å². The number of nitrogens with zero attached hydrogens (tertiary/aromatic N) is 3. The highest BCUT2D eigenvalue weighted by molar-refractivity contribution is 8.03. The quantitative estimate of drug-likeness (QED) is 0.138. The Bertz CT molecular complexity index is 2280. The number of nitrogens with one attached hydrogen (secondary N) is 1. The lowest BCUT2D eigenvalue weighted by molar-refractivity contribution is 0.701. The standard InChI is InChI=1S/C46H40N4S/c1-31-26-33(15-11-25-51-44-20-9-8-16-38(31)44)40-18-10-19-41(35-21-22-42-37(28-35)27-34-14-6-7-17-39(34)42)43(40)30-49-46(32-12-4-3-5-13-32)50-45(47-2)36-23-24-48-29-36/h3-7,10-15,17-19,21-24,26,28-29,48H,1-2,8-9,16,20,25,27,30H2/b15-11-,33-26+,49-46-,50-45-. The van der Waals surface area contributed by atoms with Crippen molar-refractivity contribution in [3.63, 3.8) is 0 Å². The average molecular weight is 681 g/mol. The Balaban J connectivity index is 1.28. The maximum atomic E-state index is 5.30. The van der Waals surface area contributed by atoms with Crippen LogP contribution in [0.25, 0.3) is 27.8 Å². The predicted octanol–water partition coefficient (Wildman–Crippen LogP) is 11.4. The molecule has 0 fully saturated rings. The number of aliphatic imine (C=N–C) groups is 3. The molecule has 0 saturated carbocycles. The van der Waals surface area contributed by atoms with Crippen LogP contribution in [-0.2, 0) is 13.0 Å². The number of aromatic amines is 1. The molecule has 2 heterocycles. The van der Waals surface area contributed by atoms with Crippen LogP contribution in [0.5, 0.6) is 0 Å². The number of H-pyrrole nitrogens is 1. The highest BCUT2D eigenvalue weighted by atomic mass is 32.2. The fourth-order valence-corrected chi connectivity index (χ4v) is 8.58. The second kappa shape index (κ2) is 14.8. The van der Waals surface area contributed by atoms with Crippen molar-refractivity contribution in [3.8, 4) is 22.3 Å². The Kier molecular flexibility index (Phi) is 9.46. The summed E-state index contributed by atoms with van der Waals surface area (Å²) in [5, 5.41) is 0. The molecule has 0 saturated heterocycles. The molecule has 0 radical (unpaired) electrons. The Morgan fingerprint density at radius 3 is 2.43 bits per heavy atom. The average Bonchev–Trinajstić information content (AvgIpc) is 3.86. The summed E-state index contributed by atoms with van der Waals surface area (Å²) in [6.07, 6.45) is 16.3. The zero-order valence-electron chi connectivity index (χ0n) is 28.7. The largest absolute Gasteiger partial charge is 0.367 e. The molecule has 250 valence electrons. The lowest BCUT2D eigenvalue weighted by atomic mass is 9.88. The summed E-state index contributed by atoms with van der Waals surface area (Å²) in [4.78, 5) is 19.2. The number of allylic oxidation sites excluding steroid dienone is 6. The minimum atomic E-state index is 0.425. The summed E-state index contributed by atoms with van der Waals surface area (Å²) >= 11 is 1.97. The fourth-order valence-electron chi connectivity index (χ4n) is 7.49. The number of aromatic nitrogens is 1. The van der Waals surface area contributed by atoms with Crippen LogP contribution >= 0.6 is 11.8 Å². The van der Waals surface area contributed by atoms with Gasteiger partial charge in [0, 0.05) is 29.3 Å². The molecular weight excluding hydrogens is 641 g/mol. The van der Waals surface area contributed by atoms with Gasteiger partial charge in [0.15, 0.2) is 11.7 Å². The number of thioether (sulfide) groups is 1. The van der Waals surface area contributed by atoms with Crippen LogP contribution in [0.15, 0.2) is 165 Å². The molecule has 0 amide bonds. The number of hydrogen-bond acceptors (Lipinski definition) is 2. The maximum Gasteiger partial charge on any atom is 0.162 e. The Morgan fingerprint density at radius 1 is 0.765 bits per heavy atom. The first-order valence-corrected chi connectivity index (χ1v) is 18.7. The van der Waals surface area contributed by atoms with Crippen molar-refractivity contribution in [2.24, 2.45) is 15.0 Å². The molecule has 1 aromatic heterocycles. The van der Waals surface area contributed by atoms with Crippen LogP contribution in [0.2, 0.25) is 0 Å². The van der Waals surface area contributed by atoms with E-state index in [1.165, 1.54) is 56.7 Å². The molecule has 1 N–H and O–H groups in total. The Morgan fingerprint density at radius 2 is 1.57 bits per heavy atom. The topological polar surface area (TPSA) is 52.9 Å². The van der Waals surface area contributed by atoms with Gasteiger partial charge in [-0.15, -0.1) is 11.8 Å². The van der Waals surface area contributed by atoms with Crippen molar-refractivity contribution in [2.75, 3.05) is 5.75 Å². The third-order valence-electron chi connectivity index (χ3n) is 10.0. The Hall–Kier alpha value is -5.52. The monoisotopic (exact) mass is 680 g/mol. The molecule has 5 heteroatoms. The van der Waals surface area contributed by atoms with E-state index in [9.17, 15) is 0 Å². The van der Waals surface area contributed by atoms with E-state index in [1.54, 1.807) is 0 Å². The summed E-state index contributed by atoms with van der Waals surface area (Å²) in [5.41, 5.74) is 15.6. The smallest absolute Gasteiger partial charge is 0.162 e. The Labute approximate surface area is 304 Å². The van der Waals surface area contributed by atoms with Crippen LogP contribution in [0.1, 0.15) is 59.1 Å². The predicted molar refractivity (Wildman–Crippen MR) is 218 cm³/mol. The van der Waals surface area contributed by atoms with Gasteiger partial charge >= 0.3 is 0 Å². The first-order chi connectivity index (χ1) is 25.2. The van der Waals surface area contributed by atoms with Gasteiger partial charge in [-0.05, 0) is 117 Å². The second-order valence-corrected chi connectivity index (χ2v) is 14.3. The summed E-state index contributed by atoms with van der Waals surface area (Å²) in [5.74, 6) is 2.09. The summed E-state index contributed by atoms with van der Waals surface area (Å²) in [6, 6.07) is 34.5. The number of fused-ring (bicyclic) bond motifs is 3. The molecule has 8 rings (SSSR count).